The van der Waals surface area contributed by atoms with Crippen LogP contribution in [0.1, 0.15) is 24.3 Å². The average molecular weight is 253 g/mol. The minimum Gasteiger partial charge on any atom is -0.382 e. The average Bonchev–Trinajstić information content (AvgIpc) is 2.69. The Labute approximate surface area is 108 Å². The summed E-state index contributed by atoms with van der Waals surface area (Å²) in [5, 5.41) is 6.46. The molecule has 0 aromatic carbocycles. The molecule has 0 bridgehead atoms. The summed E-state index contributed by atoms with van der Waals surface area (Å²) in [6.45, 7) is 6.45. The van der Waals surface area contributed by atoms with Gasteiger partial charge in [-0.25, -0.2) is 0 Å². The molecule has 1 heterocycles. The molecule has 6 heteroatoms. The molecule has 0 aliphatic heterocycles. The van der Waals surface area contributed by atoms with Crippen LogP contribution < -0.4 is 5.73 Å². The van der Waals surface area contributed by atoms with Crippen LogP contribution in [0.25, 0.3) is 0 Å². The summed E-state index contributed by atoms with van der Waals surface area (Å²) < 4.78 is 0. The maximum atomic E-state index is 12.3. The van der Waals surface area contributed by atoms with Gasteiger partial charge in [0.2, 0.25) is 0 Å². The van der Waals surface area contributed by atoms with Crippen molar-refractivity contribution in [2.45, 2.75) is 13.8 Å². The van der Waals surface area contributed by atoms with E-state index in [1.807, 2.05) is 19.0 Å². The van der Waals surface area contributed by atoms with E-state index in [4.69, 9.17) is 5.73 Å². The lowest BCUT2D eigenvalue weighted by Gasteiger charge is -2.25. The lowest BCUT2D eigenvalue weighted by atomic mass is 10.2. The highest BCUT2D eigenvalue weighted by Gasteiger charge is 2.18. The zero-order chi connectivity index (χ0) is 13.7. The maximum Gasteiger partial charge on any atom is 0.271 e. The molecule has 3 N–H and O–H groups in total. The number of hydrogen-bond donors (Lipinski definition) is 2. The Morgan fingerprint density at radius 3 is 2.56 bits per heavy atom. The van der Waals surface area contributed by atoms with E-state index in [1.165, 1.54) is 0 Å². The van der Waals surface area contributed by atoms with Crippen molar-refractivity contribution in [2.75, 3.05) is 39.5 Å². The molecule has 1 amide bonds. The zero-order valence-corrected chi connectivity index (χ0v) is 11.6. The summed E-state index contributed by atoms with van der Waals surface area (Å²) in [4.78, 5) is 16.2. The van der Waals surface area contributed by atoms with E-state index in [9.17, 15) is 4.79 Å². The van der Waals surface area contributed by atoms with E-state index in [1.54, 1.807) is 6.07 Å². The van der Waals surface area contributed by atoms with Crippen molar-refractivity contribution in [1.82, 2.24) is 20.0 Å². The molecule has 0 fully saturated rings. The number of carbonyl (C=O) groups is 1. The van der Waals surface area contributed by atoms with Gasteiger partial charge in [0.1, 0.15) is 11.5 Å². The van der Waals surface area contributed by atoms with Gasteiger partial charge in [0.05, 0.1) is 0 Å². The molecule has 0 unspecified atom stereocenters. The van der Waals surface area contributed by atoms with Crippen LogP contribution in [0.15, 0.2) is 6.07 Å². The SMILES string of the molecule is CC(C)CN(CCN(C)C)C(=O)c1cc(N)n[nH]1. The van der Waals surface area contributed by atoms with E-state index in [0.29, 0.717) is 24.0 Å². The highest BCUT2D eigenvalue weighted by Crippen LogP contribution is 2.08. The number of nitrogens with two attached hydrogens (primary N) is 1. The van der Waals surface area contributed by atoms with E-state index in [2.05, 4.69) is 28.9 Å². The maximum absolute atomic E-state index is 12.3. The summed E-state index contributed by atoms with van der Waals surface area (Å²) in [5.41, 5.74) is 5.97. The minimum absolute atomic E-state index is 0.0465. The van der Waals surface area contributed by atoms with Crippen LogP contribution in [-0.4, -0.2) is 59.6 Å². The standard InChI is InChI=1S/C12H23N5O/c1-9(2)8-17(6-5-16(3)4)12(18)10-7-11(13)15-14-10/h7,9H,5-6,8H2,1-4H3,(H3,13,14,15). The van der Waals surface area contributed by atoms with Gasteiger partial charge in [0.15, 0.2) is 0 Å². The minimum atomic E-state index is -0.0465. The monoisotopic (exact) mass is 253 g/mol. The first-order valence-corrected chi connectivity index (χ1v) is 6.15. The number of amides is 1. The van der Waals surface area contributed by atoms with Gasteiger partial charge in [-0.3, -0.25) is 9.89 Å². The number of likely N-dealkylation sites (N-methyl/N-ethyl adjacent to an activating group) is 1. The van der Waals surface area contributed by atoms with Gasteiger partial charge >= 0.3 is 0 Å². The molecule has 102 valence electrons. The third-order valence-corrected chi connectivity index (χ3v) is 2.52. The van der Waals surface area contributed by atoms with Gasteiger partial charge in [-0.05, 0) is 20.0 Å². The van der Waals surface area contributed by atoms with Crippen molar-refractivity contribution in [1.29, 1.82) is 0 Å². The van der Waals surface area contributed by atoms with Crippen molar-refractivity contribution in [3.05, 3.63) is 11.8 Å². The number of anilines is 1. The molecule has 0 radical (unpaired) electrons. The van der Waals surface area contributed by atoms with E-state index < -0.39 is 0 Å². The fourth-order valence-corrected chi connectivity index (χ4v) is 1.65. The lowest BCUT2D eigenvalue weighted by molar-refractivity contribution is 0.0718. The Balaban J connectivity index is 2.72. The quantitative estimate of drug-likeness (QED) is 0.780. The smallest absolute Gasteiger partial charge is 0.271 e. The van der Waals surface area contributed by atoms with Crippen molar-refractivity contribution in [3.8, 4) is 0 Å². The third-order valence-electron chi connectivity index (χ3n) is 2.52. The Morgan fingerprint density at radius 2 is 2.11 bits per heavy atom. The molecule has 1 aromatic heterocycles. The van der Waals surface area contributed by atoms with Crippen LogP contribution in [0.2, 0.25) is 0 Å². The molecule has 0 spiro atoms. The Morgan fingerprint density at radius 1 is 1.44 bits per heavy atom. The van der Waals surface area contributed by atoms with Gasteiger partial charge in [0.25, 0.3) is 5.91 Å². The topological polar surface area (TPSA) is 78.2 Å². The summed E-state index contributed by atoms with van der Waals surface area (Å²) in [6.07, 6.45) is 0. The molecule has 6 nitrogen and oxygen atoms in total. The first kappa shape index (κ1) is 14.5. The van der Waals surface area contributed by atoms with E-state index >= 15 is 0 Å². The predicted octanol–water partition coefficient (Wildman–Crippen LogP) is 0.652. The van der Waals surface area contributed by atoms with Gasteiger partial charge < -0.3 is 15.5 Å². The molecule has 1 aromatic rings. The van der Waals surface area contributed by atoms with Gasteiger partial charge in [-0.1, -0.05) is 13.8 Å². The molecule has 18 heavy (non-hydrogen) atoms. The fourth-order valence-electron chi connectivity index (χ4n) is 1.65. The van der Waals surface area contributed by atoms with Crippen molar-refractivity contribution >= 4 is 11.7 Å². The molecular weight excluding hydrogens is 230 g/mol. The first-order valence-electron chi connectivity index (χ1n) is 6.15. The number of aromatic nitrogens is 2. The molecule has 0 saturated heterocycles. The summed E-state index contributed by atoms with van der Waals surface area (Å²) in [5.74, 6) is 0.724. The van der Waals surface area contributed by atoms with Gasteiger partial charge in [0, 0.05) is 25.7 Å². The number of carbonyl (C=O) groups excluding carboxylic acids is 1. The summed E-state index contributed by atoms with van der Waals surface area (Å²) in [7, 11) is 3.98. The highest BCUT2D eigenvalue weighted by molar-refractivity contribution is 5.93. The van der Waals surface area contributed by atoms with Crippen molar-refractivity contribution < 1.29 is 4.79 Å². The normalized spacial score (nSPS) is 11.2. The lowest BCUT2D eigenvalue weighted by Crippen LogP contribution is -2.39. The van der Waals surface area contributed by atoms with E-state index in [0.717, 1.165) is 13.1 Å². The first-order chi connectivity index (χ1) is 8.40. The summed E-state index contributed by atoms with van der Waals surface area (Å²) in [6, 6.07) is 1.57. The third kappa shape index (κ3) is 4.37. The molecule has 0 saturated carbocycles. The number of rotatable bonds is 6. The van der Waals surface area contributed by atoms with Crippen LogP contribution in [0.5, 0.6) is 0 Å². The van der Waals surface area contributed by atoms with Crippen molar-refractivity contribution in [2.24, 2.45) is 5.92 Å². The molecular formula is C12H23N5O. The number of nitrogens with one attached hydrogen (secondary N) is 1. The predicted molar refractivity (Wildman–Crippen MR) is 72.3 cm³/mol. The second-order valence-corrected chi connectivity index (χ2v) is 5.15. The molecule has 0 aliphatic rings. The Bertz CT molecular complexity index is 386. The van der Waals surface area contributed by atoms with Gasteiger partial charge in [-0.2, -0.15) is 5.10 Å². The van der Waals surface area contributed by atoms with Crippen molar-refractivity contribution in [3.63, 3.8) is 0 Å². The van der Waals surface area contributed by atoms with E-state index in [-0.39, 0.29) is 5.91 Å². The molecule has 0 atom stereocenters. The van der Waals surface area contributed by atoms with Crippen LogP contribution >= 0.6 is 0 Å². The fraction of sp³-hybridized carbons (Fsp3) is 0.667. The second kappa shape index (κ2) is 6.39. The Kier molecular flexibility index (Phi) is 5.15. The number of hydrogen-bond acceptors (Lipinski definition) is 4. The van der Waals surface area contributed by atoms with Crippen LogP contribution in [-0.2, 0) is 0 Å². The van der Waals surface area contributed by atoms with Crippen LogP contribution in [0.4, 0.5) is 5.82 Å². The summed E-state index contributed by atoms with van der Waals surface area (Å²) >= 11 is 0. The largest absolute Gasteiger partial charge is 0.382 e. The van der Waals surface area contributed by atoms with Crippen LogP contribution in [0, 0.1) is 5.92 Å². The Hall–Kier alpha value is -1.56. The zero-order valence-electron chi connectivity index (χ0n) is 11.6. The second-order valence-electron chi connectivity index (χ2n) is 5.15. The highest BCUT2D eigenvalue weighted by atomic mass is 16.2. The number of nitrogen functional groups attached to an aromatic ring is 1. The number of H-pyrrole nitrogens is 1. The number of aromatic amines is 1. The molecule has 0 aliphatic carbocycles. The van der Waals surface area contributed by atoms with Gasteiger partial charge in [-0.15, -0.1) is 0 Å². The number of nitrogens with zero attached hydrogens (tertiary/aromatic N) is 3. The molecule has 1 rings (SSSR count). The van der Waals surface area contributed by atoms with Crippen LogP contribution in [0.3, 0.4) is 0 Å².